The zero-order valence-corrected chi connectivity index (χ0v) is 9.83. The minimum atomic E-state index is -0.243. The number of hydrogen-bond acceptors (Lipinski definition) is 3. The number of halogens is 1. The molecule has 90 valence electrons. The van der Waals surface area contributed by atoms with Gasteiger partial charge in [-0.05, 0) is 26.2 Å². The third-order valence-corrected chi connectivity index (χ3v) is 3.25. The molecule has 4 nitrogen and oxygen atoms in total. The first-order chi connectivity index (χ1) is 8.25. The van der Waals surface area contributed by atoms with Crippen molar-refractivity contribution < 1.29 is 4.39 Å². The van der Waals surface area contributed by atoms with Crippen molar-refractivity contribution in [3.05, 3.63) is 17.8 Å². The third kappa shape index (κ3) is 1.75. The smallest absolute Gasteiger partial charge is 0.191 e. The largest absolute Gasteiger partial charge is 0.356 e. The summed E-state index contributed by atoms with van der Waals surface area (Å²) in [6.45, 7) is 3.60. The van der Waals surface area contributed by atoms with E-state index >= 15 is 0 Å². The van der Waals surface area contributed by atoms with Crippen LogP contribution in [0.1, 0.15) is 25.1 Å². The first-order valence-corrected chi connectivity index (χ1v) is 6.01. The summed E-state index contributed by atoms with van der Waals surface area (Å²) in [7, 11) is 0. The van der Waals surface area contributed by atoms with E-state index in [1.54, 1.807) is 13.1 Å². The quantitative estimate of drug-likeness (QED) is 0.824. The number of nitrogens with one attached hydrogen (secondary N) is 1. The molecular formula is C12H15FN4. The summed E-state index contributed by atoms with van der Waals surface area (Å²) in [5.41, 5.74) is 1.08. The zero-order valence-electron chi connectivity index (χ0n) is 9.83. The van der Waals surface area contributed by atoms with Crippen LogP contribution in [0.5, 0.6) is 0 Å². The molecule has 0 amide bonds. The molecule has 0 aromatic carbocycles. The van der Waals surface area contributed by atoms with Gasteiger partial charge < -0.3 is 9.88 Å². The third-order valence-electron chi connectivity index (χ3n) is 3.25. The van der Waals surface area contributed by atoms with E-state index in [0.29, 0.717) is 22.7 Å². The number of aromatic amines is 1. The lowest BCUT2D eigenvalue weighted by Gasteiger charge is -2.27. The maximum atomic E-state index is 14.2. The SMILES string of the molecule is Cc1ncc2[nH]c(N3CCCCC3)c(F)c2n1. The van der Waals surface area contributed by atoms with Crippen molar-refractivity contribution >= 4 is 16.9 Å². The van der Waals surface area contributed by atoms with Crippen LogP contribution < -0.4 is 4.90 Å². The summed E-state index contributed by atoms with van der Waals surface area (Å²) in [4.78, 5) is 13.4. The Labute approximate surface area is 98.9 Å². The molecule has 0 atom stereocenters. The molecule has 0 saturated carbocycles. The first-order valence-electron chi connectivity index (χ1n) is 6.01. The van der Waals surface area contributed by atoms with Gasteiger partial charge in [-0.2, -0.15) is 0 Å². The van der Waals surface area contributed by atoms with Crippen LogP contribution in [0.25, 0.3) is 11.0 Å². The predicted octanol–water partition coefficient (Wildman–Crippen LogP) is 2.40. The highest BCUT2D eigenvalue weighted by Gasteiger charge is 2.20. The van der Waals surface area contributed by atoms with E-state index in [2.05, 4.69) is 19.9 Å². The monoisotopic (exact) mass is 234 g/mol. The molecule has 1 saturated heterocycles. The number of hydrogen-bond donors (Lipinski definition) is 1. The van der Waals surface area contributed by atoms with Crippen LogP contribution in [0.2, 0.25) is 0 Å². The van der Waals surface area contributed by atoms with Gasteiger partial charge in [-0.1, -0.05) is 0 Å². The van der Waals surface area contributed by atoms with Crippen molar-refractivity contribution in [2.24, 2.45) is 0 Å². The summed E-state index contributed by atoms with van der Waals surface area (Å²) in [6.07, 6.45) is 5.13. The van der Waals surface area contributed by atoms with E-state index < -0.39 is 0 Å². The van der Waals surface area contributed by atoms with Gasteiger partial charge in [0, 0.05) is 13.1 Å². The van der Waals surface area contributed by atoms with Gasteiger partial charge in [-0.25, -0.2) is 14.4 Å². The highest BCUT2D eigenvalue weighted by molar-refractivity contribution is 5.80. The Morgan fingerprint density at radius 3 is 2.82 bits per heavy atom. The Morgan fingerprint density at radius 2 is 2.06 bits per heavy atom. The molecule has 17 heavy (non-hydrogen) atoms. The molecule has 0 bridgehead atoms. The molecule has 1 fully saturated rings. The minimum absolute atomic E-state index is 0.243. The van der Waals surface area contributed by atoms with Gasteiger partial charge in [0.25, 0.3) is 0 Å². The molecule has 0 radical (unpaired) electrons. The molecule has 0 spiro atoms. The van der Waals surface area contributed by atoms with Crippen LogP contribution in [0.4, 0.5) is 10.2 Å². The number of aryl methyl sites for hydroxylation is 1. The maximum Gasteiger partial charge on any atom is 0.191 e. The fourth-order valence-electron chi connectivity index (χ4n) is 2.36. The molecule has 1 aliphatic heterocycles. The van der Waals surface area contributed by atoms with Gasteiger partial charge in [0.05, 0.1) is 11.7 Å². The Kier molecular flexibility index (Phi) is 2.46. The molecule has 2 aromatic rings. The Morgan fingerprint density at radius 1 is 1.29 bits per heavy atom. The molecule has 3 heterocycles. The molecule has 1 aliphatic rings. The van der Waals surface area contributed by atoms with E-state index in [-0.39, 0.29) is 5.82 Å². The van der Waals surface area contributed by atoms with Crippen molar-refractivity contribution in [1.82, 2.24) is 15.0 Å². The summed E-state index contributed by atoms with van der Waals surface area (Å²) < 4.78 is 14.2. The fraction of sp³-hybridized carbons (Fsp3) is 0.500. The second-order valence-electron chi connectivity index (χ2n) is 4.51. The van der Waals surface area contributed by atoms with Gasteiger partial charge in [-0.15, -0.1) is 0 Å². The normalized spacial score (nSPS) is 16.7. The van der Waals surface area contributed by atoms with Crippen molar-refractivity contribution in [2.45, 2.75) is 26.2 Å². The van der Waals surface area contributed by atoms with Crippen LogP contribution in [0, 0.1) is 12.7 Å². The standard InChI is InChI=1S/C12H15FN4/c1-8-14-7-9-11(15-8)10(13)12(16-9)17-5-3-2-4-6-17/h7,16H,2-6H2,1H3. The summed E-state index contributed by atoms with van der Waals surface area (Å²) in [5, 5.41) is 0. The second-order valence-corrected chi connectivity index (χ2v) is 4.51. The van der Waals surface area contributed by atoms with Crippen LogP contribution >= 0.6 is 0 Å². The van der Waals surface area contributed by atoms with Crippen LogP contribution in [0.3, 0.4) is 0 Å². The lowest BCUT2D eigenvalue weighted by atomic mass is 10.1. The van der Waals surface area contributed by atoms with Crippen molar-refractivity contribution in [3.63, 3.8) is 0 Å². The van der Waals surface area contributed by atoms with Crippen LogP contribution in [0.15, 0.2) is 6.20 Å². The molecule has 5 heteroatoms. The van der Waals surface area contributed by atoms with Gasteiger partial charge in [-0.3, -0.25) is 0 Å². The summed E-state index contributed by atoms with van der Waals surface area (Å²) in [5.74, 6) is 0.924. The molecule has 3 rings (SSSR count). The topological polar surface area (TPSA) is 44.8 Å². The number of nitrogens with zero attached hydrogens (tertiary/aromatic N) is 3. The Hall–Kier alpha value is -1.65. The van der Waals surface area contributed by atoms with Gasteiger partial charge in [0.2, 0.25) is 0 Å². The van der Waals surface area contributed by atoms with Crippen LogP contribution in [-0.2, 0) is 0 Å². The molecule has 1 N–H and O–H groups in total. The average Bonchev–Trinajstić information content (AvgIpc) is 2.68. The fourth-order valence-corrected chi connectivity index (χ4v) is 2.36. The van der Waals surface area contributed by atoms with Crippen molar-refractivity contribution in [2.75, 3.05) is 18.0 Å². The van der Waals surface area contributed by atoms with Crippen molar-refractivity contribution in [3.8, 4) is 0 Å². The highest BCUT2D eigenvalue weighted by atomic mass is 19.1. The number of aromatic nitrogens is 3. The maximum absolute atomic E-state index is 14.2. The van der Waals surface area contributed by atoms with E-state index in [1.807, 2.05) is 0 Å². The second kappa shape index (κ2) is 3.98. The lowest BCUT2D eigenvalue weighted by molar-refractivity contribution is 0.556. The number of H-pyrrole nitrogens is 1. The molecule has 2 aromatic heterocycles. The van der Waals surface area contributed by atoms with Crippen LogP contribution in [-0.4, -0.2) is 28.0 Å². The van der Waals surface area contributed by atoms with Gasteiger partial charge in [0.15, 0.2) is 5.82 Å². The first kappa shape index (κ1) is 10.5. The zero-order chi connectivity index (χ0) is 11.8. The van der Waals surface area contributed by atoms with Gasteiger partial charge >= 0.3 is 0 Å². The summed E-state index contributed by atoms with van der Waals surface area (Å²) in [6, 6.07) is 0. The van der Waals surface area contributed by atoms with Gasteiger partial charge in [0.1, 0.15) is 17.2 Å². The van der Waals surface area contributed by atoms with E-state index in [1.165, 1.54) is 6.42 Å². The highest BCUT2D eigenvalue weighted by Crippen LogP contribution is 2.27. The molecule has 0 aliphatic carbocycles. The summed E-state index contributed by atoms with van der Waals surface area (Å²) >= 11 is 0. The van der Waals surface area contributed by atoms with E-state index in [0.717, 1.165) is 25.9 Å². The Bertz CT molecular complexity index is 543. The molecular weight excluding hydrogens is 219 g/mol. The number of fused-ring (bicyclic) bond motifs is 1. The van der Waals surface area contributed by atoms with E-state index in [4.69, 9.17) is 0 Å². The predicted molar refractivity (Wildman–Crippen MR) is 64.6 cm³/mol. The van der Waals surface area contributed by atoms with Crippen molar-refractivity contribution in [1.29, 1.82) is 0 Å². The van der Waals surface area contributed by atoms with E-state index in [9.17, 15) is 4.39 Å². The Balaban J connectivity index is 2.07. The molecule has 0 unspecified atom stereocenters. The number of anilines is 1. The lowest BCUT2D eigenvalue weighted by Crippen LogP contribution is -2.30. The average molecular weight is 234 g/mol. The number of piperidine rings is 1. The minimum Gasteiger partial charge on any atom is -0.356 e. The number of rotatable bonds is 1.